The Balaban J connectivity index is 2.29. The molecule has 0 radical (unpaired) electrons. The van der Waals surface area contributed by atoms with Crippen LogP contribution in [0.2, 0.25) is 0 Å². The first-order valence-electron chi connectivity index (χ1n) is 4.73. The average Bonchev–Trinajstić information content (AvgIpc) is 2.59. The highest BCUT2D eigenvalue weighted by Crippen LogP contribution is 2.42. The second-order valence-electron chi connectivity index (χ2n) is 3.46. The molecule has 0 saturated heterocycles. The smallest absolute Gasteiger partial charge is 0.222 e. The molecule has 3 rings (SSSR count). The number of hydrogen-bond acceptors (Lipinski definition) is 5. The van der Waals surface area contributed by atoms with Gasteiger partial charge in [-0.15, -0.1) is 11.3 Å². The van der Waals surface area contributed by atoms with Gasteiger partial charge in [0, 0.05) is 11.1 Å². The van der Waals surface area contributed by atoms with E-state index < -0.39 is 0 Å². The fourth-order valence-electron chi connectivity index (χ4n) is 1.75. The first kappa shape index (κ1) is 9.29. The predicted molar refractivity (Wildman–Crippen MR) is 64.3 cm³/mol. The van der Waals surface area contributed by atoms with Gasteiger partial charge in [-0.1, -0.05) is 0 Å². The van der Waals surface area contributed by atoms with Crippen molar-refractivity contribution in [1.82, 2.24) is 4.98 Å². The number of carbonyl (C=O) groups excluding carboxylic acids is 1. The van der Waals surface area contributed by atoms with Crippen molar-refractivity contribution in [3.05, 3.63) is 17.1 Å². The van der Waals surface area contributed by atoms with Gasteiger partial charge in [-0.3, -0.25) is 4.79 Å². The van der Waals surface area contributed by atoms with Gasteiger partial charge in [-0.2, -0.15) is 0 Å². The normalized spacial score (nSPS) is 12.8. The van der Waals surface area contributed by atoms with Gasteiger partial charge >= 0.3 is 0 Å². The van der Waals surface area contributed by atoms with Crippen LogP contribution < -0.4 is 11.1 Å². The van der Waals surface area contributed by atoms with Crippen LogP contribution in [0.15, 0.2) is 17.3 Å². The molecule has 2 aromatic rings. The molecule has 2 aromatic heterocycles. The molecule has 3 heterocycles. The Kier molecular flexibility index (Phi) is 1.90. The highest BCUT2D eigenvalue weighted by Gasteiger charge is 2.18. The summed E-state index contributed by atoms with van der Waals surface area (Å²) in [4.78, 5) is 21.2. The Morgan fingerprint density at radius 2 is 2.44 bits per heavy atom. The molecule has 1 aliphatic rings. The first-order chi connectivity index (χ1) is 7.75. The van der Waals surface area contributed by atoms with Gasteiger partial charge in [-0.25, -0.2) is 9.98 Å². The van der Waals surface area contributed by atoms with E-state index in [4.69, 9.17) is 5.73 Å². The monoisotopic (exact) mass is 232 g/mol. The Hall–Kier alpha value is -1.95. The third-order valence-electron chi connectivity index (χ3n) is 2.39. The Morgan fingerprint density at radius 3 is 3.25 bits per heavy atom. The second-order valence-corrected chi connectivity index (χ2v) is 4.54. The summed E-state index contributed by atoms with van der Waals surface area (Å²) in [7, 11) is 0. The topological polar surface area (TPSA) is 80.4 Å². The number of amides is 1. The van der Waals surface area contributed by atoms with Crippen LogP contribution in [0.25, 0.3) is 10.2 Å². The lowest BCUT2D eigenvalue weighted by Crippen LogP contribution is -2.13. The molecule has 0 saturated carbocycles. The fraction of sp³-hybridized carbons (Fsp3) is 0.100. The van der Waals surface area contributed by atoms with Crippen LogP contribution >= 0.6 is 11.3 Å². The maximum Gasteiger partial charge on any atom is 0.222 e. The second kappa shape index (κ2) is 3.28. The lowest BCUT2D eigenvalue weighted by Gasteiger charge is -2.08. The maximum atomic E-state index is 11.0. The molecule has 0 aromatic carbocycles. The summed E-state index contributed by atoms with van der Waals surface area (Å²) in [6, 6.07) is 1.89. The van der Waals surface area contributed by atoms with E-state index in [2.05, 4.69) is 15.3 Å². The summed E-state index contributed by atoms with van der Waals surface area (Å²) in [5.41, 5.74) is 7.00. The number of nitrogens with zero attached hydrogens (tertiary/aromatic N) is 2. The summed E-state index contributed by atoms with van der Waals surface area (Å²) in [6.45, 7) is 0. The number of nitrogens with one attached hydrogen (secondary N) is 1. The minimum absolute atomic E-state index is 0.215. The molecular weight excluding hydrogens is 224 g/mol. The van der Waals surface area contributed by atoms with Crippen LogP contribution in [-0.2, 0) is 11.2 Å². The van der Waals surface area contributed by atoms with Crippen LogP contribution in [-0.4, -0.2) is 17.2 Å². The molecule has 1 aliphatic heterocycles. The Bertz CT molecular complexity index is 617. The van der Waals surface area contributed by atoms with E-state index in [0.717, 1.165) is 26.5 Å². The number of aromatic nitrogens is 1. The lowest BCUT2D eigenvalue weighted by molar-refractivity contribution is -0.117. The van der Waals surface area contributed by atoms with Gasteiger partial charge in [0.2, 0.25) is 5.91 Å². The number of thiophene rings is 1. The zero-order chi connectivity index (χ0) is 11.1. The van der Waals surface area contributed by atoms with Gasteiger partial charge in [-0.05, 0) is 6.07 Å². The van der Waals surface area contributed by atoms with Crippen molar-refractivity contribution in [2.45, 2.75) is 6.42 Å². The number of aliphatic imine (C=N–C) groups is 1. The average molecular weight is 232 g/mol. The lowest BCUT2D eigenvalue weighted by atomic mass is 10.2. The van der Waals surface area contributed by atoms with Crippen molar-refractivity contribution in [1.29, 1.82) is 0 Å². The van der Waals surface area contributed by atoms with Gasteiger partial charge in [0.05, 0.1) is 29.5 Å². The van der Waals surface area contributed by atoms with E-state index >= 15 is 0 Å². The van der Waals surface area contributed by atoms with Crippen LogP contribution in [0, 0.1) is 0 Å². The molecule has 80 valence electrons. The number of nitrogens with two attached hydrogens (primary N) is 1. The van der Waals surface area contributed by atoms with Crippen LogP contribution in [0.3, 0.4) is 0 Å². The predicted octanol–water partition coefficient (Wildman–Crippen LogP) is 1.41. The van der Waals surface area contributed by atoms with E-state index in [1.54, 1.807) is 12.5 Å². The molecule has 5 nitrogen and oxygen atoms in total. The van der Waals surface area contributed by atoms with Gasteiger partial charge < -0.3 is 11.1 Å². The van der Waals surface area contributed by atoms with Gasteiger partial charge in [0.25, 0.3) is 0 Å². The fourth-order valence-corrected chi connectivity index (χ4v) is 2.88. The molecule has 0 unspecified atom stereocenters. The number of carbonyl (C=O) groups is 1. The van der Waals surface area contributed by atoms with Crippen molar-refractivity contribution < 1.29 is 4.79 Å². The zero-order valence-corrected chi connectivity index (χ0v) is 9.04. The molecule has 0 spiro atoms. The molecule has 0 fully saturated rings. The SMILES string of the molecule is NC(=O)Cc1sc2nccc3c2c1N=CN3. The summed E-state index contributed by atoms with van der Waals surface area (Å²) < 4.78 is 0. The number of rotatable bonds is 2. The number of anilines is 1. The van der Waals surface area contributed by atoms with Crippen molar-refractivity contribution in [2.75, 3.05) is 5.32 Å². The molecule has 6 heteroatoms. The summed E-state index contributed by atoms with van der Waals surface area (Å²) in [5.74, 6) is -0.349. The van der Waals surface area contributed by atoms with Gasteiger partial charge in [0.1, 0.15) is 4.83 Å². The van der Waals surface area contributed by atoms with Crippen LogP contribution in [0.1, 0.15) is 4.88 Å². The van der Waals surface area contributed by atoms with Gasteiger partial charge in [0.15, 0.2) is 0 Å². The number of primary amides is 1. The third-order valence-corrected chi connectivity index (χ3v) is 3.47. The summed E-state index contributed by atoms with van der Waals surface area (Å²) >= 11 is 1.47. The molecule has 0 aliphatic carbocycles. The third kappa shape index (κ3) is 1.27. The summed E-state index contributed by atoms with van der Waals surface area (Å²) in [5, 5.41) is 4.03. The van der Waals surface area contributed by atoms with Crippen molar-refractivity contribution in [3.63, 3.8) is 0 Å². The minimum Gasteiger partial charge on any atom is -0.369 e. The highest BCUT2D eigenvalue weighted by atomic mass is 32.1. The van der Waals surface area contributed by atoms with Crippen LogP contribution in [0.4, 0.5) is 11.4 Å². The Morgan fingerprint density at radius 1 is 1.56 bits per heavy atom. The highest BCUT2D eigenvalue weighted by molar-refractivity contribution is 7.19. The Labute approximate surface area is 95.0 Å². The van der Waals surface area contributed by atoms with Crippen molar-refractivity contribution in [3.8, 4) is 0 Å². The van der Waals surface area contributed by atoms with E-state index in [0.29, 0.717) is 0 Å². The first-order valence-corrected chi connectivity index (χ1v) is 5.55. The maximum absolute atomic E-state index is 11.0. The quantitative estimate of drug-likeness (QED) is 0.821. The number of hydrogen-bond donors (Lipinski definition) is 2. The van der Waals surface area contributed by atoms with E-state index in [1.165, 1.54) is 11.3 Å². The molecule has 0 bridgehead atoms. The summed E-state index contributed by atoms with van der Waals surface area (Å²) in [6.07, 6.45) is 3.57. The zero-order valence-electron chi connectivity index (χ0n) is 8.23. The molecule has 3 N–H and O–H groups in total. The minimum atomic E-state index is -0.349. The van der Waals surface area contributed by atoms with E-state index in [9.17, 15) is 4.79 Å². The van der Waals surface area contributed by atoms with Crippen LogP contribution in [0.5, 0.6) is 0 Å². The van der Waals surface area contributed by atoms with Crippen molar-refractivity contribution in [2.24, 2.45) is 10.7 Å². The number of pyridine rings is 1. The van der Waals surface area contributed by atoms with Crippen molar-refractivity contribution >= 4 is 45.2 Å². The molecule has 0 atom stereocenters. The standard InChI is InChI=1S/C10H8N4OS/c11-7(15)3-6-9-8-5(13-4-14-9)1-2-12-10(8)16-6/h1-2,4H,3H2,(H2,11,15)(H,13,14). The van der Waals surface area contributed by atoms with E-state index in [1.807, 2.05) is 6.07 Å². The molecule has 16 heavy (non-hydrogen) atoms. The molecular formula is C10H8N4OS. The molecule has 1 amide bonds. The largest absolute Gasteiger partial charge is 0.369 e. The van der Waals surface area contributed by atoms with E-state index in [-0.39, 0.29) is 12.3 Å².